The molecule has 15 heavy (non-hydrogen) atoms. The molecule has 2 aromatic heterocycles. The summed E-state index contributed by atoms with van der Waals surface area (Å²) in [4.78, 5) is 21.4. The van der Waals surface area contributed by atoms with Gasteiger partial charge in [0.25, 0.3) is 0 Å². The van der Waals surface area contributed by atoms with Crippen LogP contribution in [-0.2, 0) is 0 Å². The maximum Gasteiger partial charge on any atom is 0.353 e. The molecule has 2 N–H and O–H groups in total. The molecule has 0 bridgehead atoms. The van der Waals surface area contributed by atoms with Crippen LogP contribution in [0.2, 0.25) is 0 Å². The largest absolute Gasteiger partial charge is 0.477 e. The number of aromatic nitrogens is 3. The number of pyridine rings is 1. The SMILES string of the molecule is Cc1cccnc1-c1ncc(C(=O)O)[nH]1. The number of carbonyl (C=O) groups is 1. The van der Waals surface area contributed by atoms with E-state index >= 15 is 0 Å². The predicted molar refractivity (Wildman–Crippen MR) is 53.5 cm³/mol. The quantitative estimate of drug-likeness (QED) is 0.774. The van der Waals surface area contributed by atoms with E-state index in [0.717, 1.165) is 5.56 Å². The monoisotopic (exact) mass is 203 g/mol. The number of nitrogens with one attached hydrogen (secondary N) is 1. The summed E-state index contributed by atoms with van der Waals surface area (Å²) in [5.74, 6) is -0.548. The molecular formula is C10H9N3O2. The second kappa shape index (κ2) is 3.53. The highest BCUT2D eigenvalue weighted by molar-refractivity contribution is 5.85. The minimum Gasteiger partial charge on any atom is -0.477 e. The third-order valence-electron chi connectivity index (χ3n) is 2.04. The van der Waals surface area contributed by atoms with Gasteiger partial charge in [-0.05, 0) is 18.6 Å². The number of imidazole rings is 1. The maximum atomic E-state index is 10.6. The van der Waals surface area contributed by atoms with Crippen LogP contribution in [0.15, 0.2) is 24.5 Å². The Morgan fingerprint density at radius 3 is 2.87 bits per heavy atom. The molecule has 0 fully saturated rings. The van der Waals surface area contributed by atoms with Gasteiger partial charge in [0.1, 0.15) is 11.4 Å². The molecule has 76 valence electrons. The van der Waals surface area contributed by atoms with Gasteiger partial charge in [0.2, 0.25) is 0 Å². The maximum absolute atomic E-state index is 10.6. The summed E-state index contributed by atoms with van der Waals surface area (Å²) in [6.07, 6.45) is 2.93. The van der Waals surface area contributed by atoms with Gasteiger partial charge in [-0.2, -0.15) is 0 Å². The summed E-state index contributed by atoms with van der Waals surface area (Å²) in [6, 6.07) is 3.71. The van der Waals surface area contributed by atoms with Crippen molar-refractivity contribution < 1.29 is 9.90 Å². The van der Waals surface area contributed by atoms with E-state index in [1.54, 1.807) is 6.20 Å². The number of H-pyrrole nitrogens is 1. The lowest BCUT2D eigenvalue weighted by atomic mass is 10.2. The van der Waals surface area contributed by atoms with Gasteiger partial charge in [0, 0.05) is 6.20 Å². The van der Waals surface area contributed by atoms with Gasteiger partial charge < -0.3 is 10.1 Å². The van der Waals surface area contributed by atoms with Gasteiger partial charge >= 0.3 is 5.97 Å². The number of nitrogens with zero attached hydrogens (tertiary/aromatic N) is 2. The number of aromatic amines is 1. The van der Waals surface area contributed by atoms with Crippen molar-refractivity contribution >= 4 is 5.97 Å². The second-order valence-electron chi connectivity index (χ2n) is 3.12. The first kappa shape index (κ1) is 9.39. The van der Waals surface area contributed by atoms with Crippen molar-refractivity contribution in [3.63, 3.8) is 0 Å². The first-order chi connectivity index (χ1) is 7.18. The zero-order valence-corrected chi connectivity index (χ0v) is 8.06. The van der Waals surface area contributed by atoms with Gasteiger partial charge in [-0.1, -0.05) is 6.07 Å². The third-order valence-corrected chi connectivity index (χ3v) is 2.04. The standard InChI is InChI=1S/C10H9N3O2/c1-6-3-2-4-11-8(6)9-12-5-7(13-9)10(14)15/h2-5H,1H3,(H,12,13)(H,14,15). The van der Waals surface area contributed by atoms with E-state index in [4.69, 9.17) is 5.11 Å². The van der Waals surface area contributed by atoms with Crippen molar-refractivity contribution in [2.45, 2.75) is 6.92 Å². The number of carboxylic acid groups (broad SMARTS) is 1. The Kier molecular flexibility index (Phi) is 2.21. The van der Waals surface area contributed by atoms with Crippen LogP contribution in [0.25, 0.3) is 11.5 Å². The highest BCUT2D eigenvalue weighted by Crippen LogP contribution is 2.16. The molecule has 0 aliphatic heterocycles. The Bertz CT molecular complexity index is 505. The summed E-state index contributed by atoms with van der Waals surface area (Å²) in [7, 11) is 0. The van der Waals surface area contributed by atoms with Crippen LogP contribution in [0.5, 0.6) is 0 Å². The predicted octanol–water partition coefficient (Wildman–Crippen LogP) is 1.48. The van der Waals surface area contributed by atoms with Gasteiger partial charge in [-0.15, -0.1) is 0 Å². The summed E-state index contributed by atoms with van der Waals surface area (Å²) in [5, 5.41) is 8.72. The number of carboxylic acids is 1. The second-order valence-corrected chi connectivity index (χ2v) is 3.12. The Morgan fingerprint density at radius 1 is 1.47 bits per heavy atom. The van der Waals surface area contributed by atoms with E-state index in [2.05, 4.69) is 15.0 Å². The molecule has 0 atom stereocenters. The molecule has 0 radical (unpaired) electrons. The average molecular weight is 203 g/mol. The highest BCUT2D eigenvalue weighted by Gasteiger charge is 2.10. The van der Waals surface area contributed by atoms with Crippen molar-refractivity contribution in [2.24, 2.45) is 0 Å². The molecule has 0 spiro atoms. The molecule has 5 heteroatoms. The van der Waals surface area contributed by atoms with Crippen molar-refractivity contribution in [2.75, 3.05) is 0 Å². The molecule has 5 nitrogen and oxygen atoms in total. The molecule has 0 unspecified atom stereocenters. The van der Waals surface area contributed by atoms with E-state index in [-0.39, 0.29) is 5.69 Å². The lowest BCUT2D eigenvalue weighted by Crippen LogP contribution is -1.96. The van der Waals surface area contributed by atoms with E-state index in [1.807, 2.05) is 19.1 Å². The fourth-order valence-electron chi connectivity index (χ4n) is 1.28. The Labute approximate surface area is 85.8 Å². The minimum absolute atomic E-state index is 0.0649. The summed E-state index contributed by atoms with van der Waals surface area (Å²) in [6.45, 7) is 1.89. The normalized spacial score (nSPS) is 10.2. The summed E-state index contributed by atoms with van der Waals surface area (Å²) < 4.78 is 0. The van der Waals surface area contributed by atoms with Crippen LogP contribution in [0.1, 0.15) is 16.1 Å². The fraction of sp³-hybridized carbons (Fsp3) is 0.100. The van der Waals surface area contributed by atoms with E-state index in [9.17, 15) is 4.79 Å². The summed E-state index contributed by atoms with van der Waals surface area (Å²) in [5.41, 5.74) is 1.68. The molecule has 0 aliphatic carbocycles. The van der Waals surface area contributed by atoms with Gasteiger partial charge in [-0.25, -0.2) is 9.78 Å². The minimum atomic E-state index is -1.03. The molecular weight excluding hydrogens is 194 g/mol. The smallest absolute Gasteiger partial charge is 0.353 e. The van der Waals surface area contributed by atoms with E-state index in [0.29, 0.717) is 11.5 Å². The van der Waals surface area contributed by atoms with Crippen molar-refractivity contribution in [1.82, 2.24) is 15.0 Å². The molecule has 0 saturated heterocycles. The fourth-order valence-corrected chi connectivity index (χ4v) is 1.28. The van der Waals surface area contributed by atoms with Crippen LogP contribution in [0.3, 0.4) is 0 Å². The van der Waals surface area contributed by atoms with Crippen LogP contribution < -0.4 is 0 Å². The van der Waals surface area contributed by atoms with E-state index < -0.39 is 5.97 Å². The van der Waals surface area contributed by atoms with Crippen LogP contribution in [0, 0.1) is 6.92 Å². The highest BCUT2D eigenvalue weighted by atomic mass is 16.4. The topological polar surface area (TPSA) is 78.9 Å². The lowest BCUT2D eigenvalue weighted by molar-refractivity contribution is 0.0691. The molecule has 0 aromatic carbocycles. The number of hydrogen-bond donors (Lipinski definition) is 2. The number of hydrogen-bond acceptors (Lipinski definition) is 3. The van der Waals surface area contributed by atoms with Crippen molar-refractivity contribution in [3.05, 3.63) is 35.8 Å². The van der Waals surface area contributed by atoms with Crippen LogP contribution in [0.4, 0.5) is 0 Å². The van der Waals surface area contributed by atoms with Crippen LogP contribution >= 0.6 is 0 Å². The van der Waals surface area contributed by atoms with Crippen molar-refractivity contribution in [3.8, 4) is 11.5 Å². The van der Waals surface area contributed by atoms with Crippen LogP contribution in [-0.4, -0.2) is 26.0 Å². The number of aryl methyl sites for hydroxylation is 1. The number of rotatable bonds is 2. The Hall–Kier alpha value is -2.17. The zero-order valence-electron chi connectivity index (χ0n) is 8.06. The molecule has 2 rings (SSSR count). The molecule has 0 aliphatic rings. The molecule has 2 heterocycles. The van der Waals surface area contributed by atoms with Crippen molar-refractivity contribution in [1.29, 1.82) is 0 Å². The first-order valence-electron chi connectivity index (χ1n) is 4.39. The number of aromatic carboxylic acids is 1. The van der Waals surface area contributed by atoms with Gasteiger partial charge in [-0.3, -0.25) is 4.98 Å². The summed E-state index contributed by atoms with van der Waals surface area (Å²) >= 11 is 0. The molecule has 0 amide bonds. The van der Waals surface area contributed by atoms with Gasteiger partial charge in [0.15, 0.2) is 5.82 Å². The Balaban J connectivity index is 2.46. The molecule has 2 aromatic rings. The first-order valence-corrected chi connectivity index (χ1v) is 4.39. The molecule has 0 saturated carbocycles. The Morgan fingerprint density at radius 2 is 2.27 bits per heavy atom. The van der Waals surface area contributed by atoms with E-state index in [1.165, 1.54) is 6.20 Å². The average Bonchev–Trinajstić information content (AvgIpc) is 2.67. The third kappa shape index (κ3) is 1.71. The van der Waals surface area contributed by atoms with Gasteiger partial charge in [0.05, 0.1) is 6.20 Å². The zero-order chi connectivity index (χ0) is 10.8. The lowest BCUT2D eigenvalue weighted by Gasteiger charge is -1.99.